The van der Waals surface area contributed by atoms with E-state index in [0.717, 1.165) is 38.5 Å². The Kier molecular flexibility index (Phi) is 6.54. The molecule has 2 amide bonds. The third-order valence-corrected chi connectivity index (χ3v) is 6.15. The van der Waals surface area contributed by atoms with Crippen LogP contribution in [0.4, 0.5) is 0 Å². The number of aromatic nitrogens is 1. The molecule has 2 aliphatic rings. The fraction of sp³-hybridized carbons (Fsp3) is 0.667. The van der Waals surface area contributed by atoms with Crippen LogP contribution in [0, 0.1) is 0 Å². The molecule has 1 aliphatic heterocycles. The highest BCUT2D eigenvalue weighted by molar-refractivity contribution is 5.99. The fourth-order valence-electron chi connectivity index (χ4n) is 4.08. The number of hydrogen-bond donors (Lipinski definition) is 2. The summed E-state index contributed by atoms with van der Waals surface area (Å²) in [5, 5.41) is 3.16. The van der Waals surface area contributed by atoms with Gasteiger partial charge in [-0.3, -0.25) is 14.4 Å². The van der Waals surface area contributed by atoms with Crippen molar-refractivity contribution in [3.05, 3.63) is 34.2 Å². The summed E-state index contributed by atoms with van der Waals surface area (Å²) in [4.78, 5) is 42.2. The Labute approximate surface area is 165 Å². The van der Waals surface area contributed by atoms with Gasteiger partial charge in [-0.1, -0.05) is 19.8 Å². The molecule has 2 N–H and O–H groups in total. The van der Waals surface area contributed by atoms with Crippen molar-refractivity contribution in [3.63, 3.8) is 0 Å². The summed E-state index contributed by atoms with van der Waals surface area (Å²) in [6.45, 7) is 4.80. The molecule has 0 spiro atoms. The molecule has 0 radical (unpaired) electrons. The Hall–Kier alpha value is -2.15. The highest BCUT2D eigenvalue weighted by Gasteiger charge is 2.43. The van der Waals surface area contributed by atoms with Crippen LogP contribution in [0.25, 0.3) is 0 Å². The summed E-state index contributed by atoms with van der Waals surface area (Å²) >= 11 is 0. The van der Waals surface area contributed by atoms with Gasteiger partial charge in [0.25, 0.3) is 5.91 Å². The predicted octanol–water partition coefficient (Wildman–Crippen LogP) is 2.22. The number of ether oxygens (including phenoxy) is 1. The van der Waals surface area contributed by atoms with Crippen LogP contribution in [0.1, 0.15) is 69.2 Å². The largest absolute Gasteiger partial charge is 0.376 e. The average Bonchev–Trinajstić information content (AvgIpc) is 3.39. The SMILES string of the molecule is CCC(C)(C(=O)NC1CCCC1)N(CC1CCCO1)C(=O)c1ccc(=O)[nH]c1. The van der Waals surface area contributed by atoms with Crippen LogP contribution < -0.4 is 10.9 Å². The lowest BCUT2D eigenvalue weighted by Crippen LogP contribution is -2.61. The number of H-pyrrole nitrogens is 1. The molecule has 2 unspecified atom stereocenters. The van der Waals surface area contributed by atoms with Gasteiger partial charge in [0.15, 0.2) is 0 Å². The van der Waals surface area contributed by atoms with Crippen molar-refractivity contribution >= 4 is 11.8 Å². The maximum absolute atomic E-state index is 13.4. The Morgan fingerprint density at radius 2 is 2.00 bits per heavy atom. The summed E-state index contributed by atoms with van der Waals surface area (Å²) < 4.78 is 5.76. The standard InChI is InChI=1S/C21H31N3O4/c1-3-21(2,20(27)23-16-7-4-5-8-16)24(14-17-9-6-12-28-17)19(26)15-10-11-18(25)22-13-15/h10-11,13,16-17H,3-9,12,14H2,1-2H3,(H,22,25)(H,23,27). The molecule has 7 heteroatoms. The smallest absolute Gasteiger partial charge is 0.256 e. The third kappa shape index (κ3) is 4.46. The van der Waals surface area contributed by atoms with E-state index in [2.05, 4.69) is 10.3 Å². The number of nitrogens with one attached hydrogen (secondary N) is 2. The molecule has 2 atom stereocenters. The molecule has 1 aliphatic carbocycles. The van der Waals surface area contributed by atoms with E-state index in [1.165, 1.54) is 18.3 Å². The fourth-order valence-corrected chi connectivity index (χ4v) is 4.08. The molecule has 0 aromatic carbocycles. The van der Waals surface area contributed by atoms with E-state index in [1.54, 1.807) is 4.90 Å². The van der Waals surface area contributed by atoms with Gasteiger partial charge in [0.05, 0.1) is 11.7 Å². The zero-order chi connectivity index (χ0) is 20.1. The second-order valence-electron chi connectivity index (χ2n) is 8.07. The van der Waals surface area contributed by atoms with Crippen LogP contribution in [0.2, 0.25) is 0 Å². The molecule has 1 saturated heterocycles. The van der Waals surface area contributed by atoms with Crippen molar-refractivity contribution in [1.82, 2.24) is 15.2 Å². The van der Waals surface area contributed by atoms with Crippen molar-refractivity contribution in [2.24, 2.45) is 0 Å². The summed E-state index contributed by atoms with van der Waals surface area (Å²) in [5.74, 6) is -0.379. The van der Waals surface area contributed by atoms with Gasteiger partial charge in [0, 0.05) is 31.5 Å². The number of rotatable bonds is 7. The van der Waals surface area contributed by atoms with Gasteiger partial charge in [-0.05, 0) is 45.1 Å². The van der Waals surface area contributed by atoms with Gasteiger partial charge >= 0.3 is 0 Å². The van der Waals surface area contributed by atoms with E-state index in [9.17, 15) is 14.4 Å². The molecule has 28 heavy (non-hydrogen) atoms. The number of nitrogens with zero attached hydrogens (tertiary/aromatic N) is 1. The lowest BCUT2D eigenvalue weighted by molar-refractivity contribution is -0.133. The number of hydrogen-bond acceptors (Lipinski definition) is 4. The number of aromatic amines is 1. The minimum atomic E-state index is -0.984. The molecule has 2 heterocycles. The Morgan fingerprint density at radius 1 is 1.25 bits per heavy atom. The van der Waals surface area contributed by atoms with E-state index in [-0.39, 0.29) is 29.5 Å². The van der Waals surface area contributed by atoms with Crippen LogP contribution in [-0.4, -0.2) is 52.5 Å². The Morgan fingerprint density at radius 3 is 2.57 bits per heavy atom. The summed E-state index contributed by atoms with van der Waals surface area (Å²) in [5.41, 5.74) is -0.882. The zero-order valence-corrected chi connectivity index (χ0v) is 16.8. The number of pyridine rings is 1. The van der Waals surface area contributed by atoms with E-state index >= 15 is 0 Å². The molecule has 154 valence electrons. The van der Waals surface area contributed by atoms with Crippen LogP contribution in [0.3, 0.4) is 0 Å². The monoisotopic (exact) mass is 389 g/mol. The van der Waals surface area contributed by atoms with Crippen molar-refractivity contribution < 1.29 is 14.3 Å². The number of carbonyl (C=O) groups excluding carboxylic acids is 2. The van der Waals surface area contributed by atoms with Crippen molar-refractivity contribution in [3.8, 4) is 0 Å². The van der Waals surface area contributed by atoms with Crippen LogP contribution >= 0.6 is 0 Å². The quantitative estimate of drug-likeness (QED) is 0.748. The maximum Gasteiger partial charge on any atom is 0.256 e. The molecule has 7 nitrogen and oxygen atoms in total. The maximum atomic E-state index is 13.4. The molecule has 1 aromatic rings. The minimum absolute atomic E-state index is 0.0723. The summed E-state index contributed by atoms with van der Waals surface area (Å²) in [6.07, 6.45) is 7.91. The van der Waals surface area contributed by atoms with Crippen LogP contribution in [0.5, 0.6) is 0 Å². The summed E-state index contributed by atoms with van der Waals surface area (Å²) in [7, 11) is 0. The molecule has 2 fully saturated rings. The Bertz CT molecular complexity index is 730. The molecule has 0 bridgehead atoms. The second kappa shape index (κ2) is 8.90. The summed E-state index contributed by atoms with van der Waals surface area (Å²) in [6, 6.07) is 3.03. The molecule has 3 rings (SSSR count). The van der Waals surface area contributed by atoms with Crippen LogP contribution in [0.15, 0.2) is 23.1 Å². The first-order valence-corrected chi connectivity index (χ1v) is 10.4. The molecule has 1 saturated carbocycles. The van der Waals surface area contributed by atoms with E-state index < -0.39 is 5.54 Å². The molecular formula is C21H31N3O4. The number of carbonyl (C=O) groups is 2. The van der Waals surface area contributed by atoms with E-state index in [1.807, 2.05) is 13.8 Å². The van der Waals surface area contributed by atoms with Crippen molar-refractivity contribution in [2.75, 3.05) is 13.2 Å². The van der Waals surface area contributed by atoms with Gasteiger partial charge in [0.2, 0.25) is 11.5 Å². The lowest BCUT2D eigenvalue weighted by atomic mass is 9.92. The van der Waals surface area contributed by atoms with Crippen molar-refractivity contribution in [1.29, 1.82) is 0 Å². The highest BCUT2D eigenvalue weighted by Crippen LogP contribution is 2.27. The lowest BCUT2D eigenvalue weighted by Gasteiger charge is -2.41. The first-order valence-electron chi connectivity index (χ1n) is 10.4. The predicted molar refractivity (Wildman–Crippen MR) is 106 cm³/mol. The Balaban J connectivity index is 1.87. The average molecular weight is 389 g/mol. The van der Waals surface area contributed by atoms with Gasteiger partial charge < -0.3 is 19.9 Å². The van der Waals surface area contributed by atoms with Crippen molar-refractivity contribution in [2.45, 2.75) is 76.5 Å². The van der Waals surface area contributed by atoms with Gasteiger partial charge in [-0.2, -0.15) is 0 Å². The third-order valence-electron chi connectivity index (χ3n) is 6.15. The van der Waals surface area contributed by atoms with E-state index in [0.29, 0.717) is 25.1 Å². The highest BCUT2D eigenvalue weighted by atomic mass is 16.5. The number of amides is 2. The molecular weight excluding hydrogens is 358 g/mol. The van der Waals surface area contributed by atoms with Gasteiger partial charge in [-0.15, -0.1) is 0 Å². The van der Waals surface area contributed by atoms with Gasteiger partial charge in [-0.25, -0.2) is 0 Å². The van der Waals surface area contributed by atoms with Gasteiger partial charge in [0.1, 0.15) is 5.54 Å². The van der Waals surface area contributed by atoms with Crippen LogP contribution in [-0.2, 0) is 9.53 Å². The normalized spacial score (nSPS) is 22.0. The second-order valence-corrected chi connectivity index (χ2v) is 8.07. The topological polar surface area (TPSA) is 91.5 Å². The zero-order valence-electron chi connectivity index (χ0n) is 16.8. The first-order chi connectivity index (χ1) is 13.4. The molecule has 1 aromatic heterocycles. The minimum Gasteiger partial charge on any atom is -0.376 e. The van der Waals surface area contributed by atoms with E-state index in [4.69, 9.17) is 4.74 Å². The first kappa shape index (κ1) is 20.6.